The van der Waals surface area contributed by atoms with Gasteiger partial charge in [-0.05, 0) is 17.7 Å². The van der Waals surface area contributed by atoms with Gasteiger partial charge in [-0.1, -0.05) is 18.2 Å². The van der Waals surface area contributed by atoms with E-state index in [1.165, 1.54) is 16.7 Å². The molecule has 0 saturated carbocycles. The summed E-state index contributed by atoms with van der Waals surface area (Å²) in [7, 11) is 0. The minimum Gasteiger partial charge on any atom is -0.484 e. The Hall–Kier alpha value is -2.19. The topological polar surface area (TPSA) is 95.9 Å². The number of β-lactam (4-membered cyclic amide) rings is 1. The lowest BCUT2D eigenvalue weighted by atomic mass is 10.0. The molecule has 2 heterocycles. The number of alkyl halides is 1. The van der Waals surface area contributed by atoms with Gasteiger partial charge in [0.15, 0.2) is 6.61 Å². The van der Waals surface area contributed by atoms with Gasteiger partial charge in [0.25, 0.3) is 11.8 Å². The van der Waals surface area contributed by atoms with Crippen molar-refractivity contribution in [3.05, 3.63) is 41.6 Å². The molecule has 7 nitrogen and oxygen atoms in total. The van der Waals surface area contributed by atoms with Crippen LogP contribution in [-0.4, -0.2) is 57.4 Å². The first-order chi connectivity index (χ1) is 12.0. The molecule has 2 aliphatic heterocycles. The highest BCUT2D eigenvalue weighted by molar-refractivity contribution is 8.00. The number of nitrogens with one attached hydrogen (secondary N) is 1. The molecule has 1 aromatic carbocycles. The van der Waals surface area contributed by atoms with Crippen LogP contribution in [0.4, 0.5) is 0 Å². The van der Waals surface area contributed by atoms with Crippen LogP contribution in [0.5, 0.6) is 5.75 Å². The monoisotopic (exact) mass is 382 g/mol. The molecular formula is C16H15ClN2O5S. The van der Waals surface area contributed by atoms with Crippen molar-refractivity contribution in [1.82, 2.24) is 10.2 Å². The number of ether oxygens (including phenoxy) is 1. The van der Waals surface area contributed by atoms with E-state index in [2.05, 4.69) is 5.32 Å². The molecule has 2 amide bonds. The Balaban J connectivity index is 1.61. The Bertz CT molecular complexity index is 739. The number of thioether (sulfide) groups is 1. The Morgan fingerprint density at radius 3 is 2.72 bits per heavy atom. The van der Waals surface area contributed by atoms with E-state index in [1.54, 1.807) is 24.3 Å². The van der Waals surface area contributed by atoms with Crippen LogP contribution >= 0.6 is 23.4 Å². The van der Waals surface area contributed by atoms with Crippen molar-refractivity contribution in [1.29, 1.82) is 0 Å². The third-order valence-electron chi connectivity index (χ3n) is 3.84. The summed E-state index contributed by atoms with van der Waals surface area (Å²) in [6.07, 6.45) is 0. The molecule has 2 N–H and O–H groups in total. The summed E-state index contributed by atoms with van der Waals surface area (Å²) in [6, 6.07) is 8.08. The number of carbonyl (C=O) groups is 3. The van der Waals surface area contributed by atoms with E-state index in [0.717, 1.165) is 0 Å². The van der Waals surface area contributed by atoms with E-state index in [4.69, 9.17) is 16.3 Å². The summed E-state index contributed by atoms with van der Waals surface area (Å²) in [5, 5.41) is 11.5. The average molecular weight is 383 g/mol. The summed E-state index contributed by atoms with van der Waals surface area (Å²) >= 11 is 7.14. The Morgan fingerprint density at radius 1 is 1.36 bits per heavy atom. The number of carboxylic acid groups (broad SMARTS) is 1. The second-order valence-electron chi connectivity index (χ2n) is 5.45. The number of carboxylic acids is 1. The highest BCUT2D eigenvalue weighted by Crippen LogP contribution is 2.40. The molecule has 1 aromatic rings. The summed E-state index contributed by atoms with van der Waals surface area (Å²) in [4.78, 5) is 36.9. The summed E-state index contributed by atoms with van der Waals surface area (Å²) in [5.41, 5.74) is 0.427. The molecule has 0 bridgehead atoms. The van der Waals surface area contributed by atoms with Crippen LogP contribution in [0.1, 0.15) is 0 Å². The smallest absolute Gasteiger partial charge is 0.352 e. The number of carbonyl (C=O) groups excluding carboxylic acids is 2. The van der Waals surface area contributed by atoms with Gasteiger partial charge in [0.1, 0.15) is 22.9 Å². The van der Waals surface area contributed by atoms with Crippen molar-refractivity contribution in [2.45, 2.75) is 11.4 Å². The third-order valence-corrected chi connectivity index (χ3v) is 5.50. The highest BCUT2D eigenvalue weighted by Gasteiger charge is 2.54. The maximum absolute atomic E-state index is 12.3. The number of fused-ring (bicyclic) bond motifs is 1. The fourth-order valence-electron chi connectivity index (χ4n) is 2.67. The van der Waals surface area contributed by atoms with E-state index in [-0.39, 0.29) is 18.2 Å². The predicted molar refractivity (Wildman–Crippen MR) is 92.3 cm³/mol. The number of hydrogen-bond donors (Lipinski definition) is 2. The first-order valence-corrected chi connectivity index (χ1v) is 9.04. The molecule has 9 heteroatoms. The molecule has 2 aliphatic rings. The molecule has 0 radical (unpaired) electrons. The van der Waals surface area contributed by atoms with Gasteiger partial charge >= 0.3 is 5.97 Å². The summed E-state index contributed by atoms with van der Waals surface area (Å²) in [6.45, 7) is -0.222. The van der Waals surface area contributed by atoms with Crippen molar-refractivity contribution in [3.63, 3.8) is 0 Å². The van der Waals surface area contributed by atoms with Crippen LogP contribution in [-0.2, 0) is 14.4 Å². The second-order valence-corrected chi connectivity index (χ2v) is 6.82. The zero-order chi connectivity index (χ0) is 18.0. The number of amides is 2. The fraction of sp³-hybridized carbons (Fsp3) is 0.312. The van der Waals surface area contributed by atoms with Crippen molar-refractivity contribution >= 4 is 41.1 Å². The van der Waals surface area contributed by atoms with Crippen LogP contribution in [0, 0.1) is 0 Å². The molecule has 0 aliphatic carbocycles. The van der Waals surface area contributed by atoms with Crippen LogP contribution < -0.4 is 10.1 Å². The average Bonchev–Trinajstić information content (AvgIpc) is 2.63. The number of benzene rings is 1. The van der Waals surface area contributed by atoms with Gasteiger partial charge in [0.2, 0.25) is 0 Å². The van der Waals surface area contributed by atoms with Gasteiger partial charge in [-0.25, -0.2) is 4.79 Å². The SMILES string of the molecule is O=C(COc1ccccc1)N[C@@H]1C(=O)N2C(C(=O)O)=C(CCl)CS[C@@H]12. The van der Waals surface area contributed by atoms with Gasteiger partial charge in [-0.3, -0.25) is 14.5 Å². The number of nitrogens with zero attached hydrogens (tertiary/aromatic N) is 1. The molecule has 3 rings (SSSR count). The molecule has 0 spiro atoms. The van der Waals surface area contributed by atoms with E-state index in [1.807, 2.05) is 6.07 Å². The molecular weight excluding hydrogens is 368 g/mol. The van der Waals surface area contributed by atoms with Crippen LogP contribution in [0.3, 0.4) is 0 Å². The van der Waals surface area contributed by atoms with Crippen molar-refractivity contribution in [2.75, 3.05) is 18.2 Å². The normalized spacial score (nSPS) is 22.1. The predicted octanol–water partition coefficient (Wildman–Crippen LogP) is 1.04. The zero-order valence-corrected chi connectivity index (χ0v) is 14.5. The van der Waals surface area contributed by atoms with Crippen molar-refractivity contribution in [2.24, 2.45) is 0 Å². The maximum Gasteiger partial charge on any atom is 0.352 e. The molecule has 1 saturated heterocycles. The number of rotatable bonds is 6. The fourth-order valence-corrected chi connectivity index (χ4v) is 4.35. The lowest BCUT2D eigenvalue weighted by molar-refractivity contribution is -0.150. The molecule has 1 fully saturated rings. The molecule has 132 valence electrons. The molecule has 25 heavy (non-hydrogen) atoms. The zero-order valence-electron chi connectivity index (χ0n) is 13.0. The number of halogens is 1. The molecule has 0 unspecified atom stereocenters. The van der Waals surface area contributed by atoms with Crippen LogP contribution in [0.15, 0.2) is 41.6 Å². The Labute approximate surface area is 153 Å². The van der Waals surface area contributed by atoms with Crippen LogP contribution in [0.2, 0.25) is 0 Å². The first kappa shape index (κ1) is 17.6. The largest absolute Gasteiger partial charge is 0.484 e. The Morgan fingerprint density at radius 2 is 2.08 bits per heavy atom. The molecule has 0 aromatic heterocycles. The highest BCUT2D eigenvalue weighted by atomic mass is 35.5. The van der Waals surface area contributed by atoms with Gasteiger partial charge in [0, 0.05) is 11.6 Å². The quantitative estimate of drug-likeness (QED) is 0.564. The minimum atomic E-state index is -1.19. The van der Waals surface area contributed by atoms with Gasteiger partial charge in [-0.2, -0.15) is 0 Å². The van der Waals surface area contributed by atoms with Gasteiger partial charge < -0.3 is 15.2 Å². The van der Waals surface area contributed by atoms with E-state index < -0.39 is 29.2 Å². The maximum atomic E-state index is 12.3. The number of aliphatic carboxylic acids is 1. The summed E-state index contributed by atoms with van der Waals surface area (Å²) in [5.74, 6) is -1.07. The number of hydrogen-bond acceptors (Lipinski definition) is 5. The van der Waals surface area contributed by atoms with Gasteiger partial charge in [0.05, 0.1) is 0 Å². The summed E-state index contributed by atoms with van der Waals surface area (Å²) < 4.78 is 5.34. The van der Waals surface area contributed by atoms with Crippen molar-refractivity contribution < 1.29 is 24.2 Å². The van der Waals surface area contributed by atoms with Gasteiger partial charge in [-0.15, -0.1) is 23.4 Å². The lowest BCUT2D eigenvalue weighted by Crippen LogP contribution is -2.70. The minimum absolute atomic E-state index is 0.0487. The number of para-hydroxylation sites is 1. The third kappa shape index (κ3) is 3.45. The first-order valence-electron chi connectivity index (χ1n) is 7.46. The van der Waals surface area contributed by atoms with Crippen molar-refractivity contribution in [3.8, 4) is 5.75 Å². The molecule has 2 atom stereocenters. The van der Waals surface area contributed by atoms with E-state index in [9.17, 15) is 19.5 Å². The van der Waals surface area contributed by atoms with E-state index in [0.29, 0.717) is 17.1 Å². The second kappa shape index (κ2) is 7.37. The van der Waals surface area contributed by atoms with E-state index >= 15 is 0 Å². The standard InChI is InChI=1S/C16H15ClN2O5S/c17-6-9-8-25-15-12(14(21)19(15)13(9)16(22)23)18-11(20)7-24-10-4-2-1-3-5-10/h1-5,12,15H,6-8H2,(H,18,20)(H,22,23)/t12-,15+/m1/s1. The Kier molecular flexibility index (Phi) is 5.19. The lowest BCUT2D eigenvalue weighted by Gasteiger charge is -2.49. The van der Waals surface area contributed by atoms with Crippen LogP contribution in [0.25, 0.3) is 0 Å².